The molecular weight excluding hydrogens is 189 g/mol. The molecule has 1 atom stereocenters. The molecule has 1 rings (SSSR count). The van der Waals surface area contributed by atoms with Gasteiger partial charge in [-0.05, 0) is 37.1 Å². The number of hydrogen-bond acceptors (Lipinski definition) is 1. The molecule has 1 nitrogen and oxygen atoms in total. The third-order valence-electron chi connectivity index (χ3n) is 2.61. The lowest BCUT2D eigenvalue weighted by molar-refractivity contribution is 0.592. The van der Waals surface area contributed by atoms with Crippen LogP contribution in [0.5, 0.6) is 0 Å². The first kappa shape index (κ1) is 12.0. The van der Waals surface area contributed by atoms with Crippen molar-refractivity contribution < 1.29 is 4.39 Å². The summed E-state index contributed by atoms with van der Waals surface area (Å²) in [5, 5.41) is 3.42. The van der Waals surface area contributed by atoms with E-state index in [1.165, 1.54) is 31.4 Å². The molecule has 0 bridgehead atoms. The van der Waals surface area contributed by atoms with Crippen molar-refractivity contribution in [3.05, 3.63) is 30.1 Å². The Morgan fingerprint density at radius 2 is 1.87 bits per heavy atom. The van der Waals surface area contributed by atoms with Gasteiger partial charge in [-0.3, -0.25) is 0 Å². The summed E-state index contributed by atoms with van der Waals surface area (Å²) in [7, 11) is 0. The smallest absolute Gasteiger partial charge is 0.123 e. The molecule has 1 aromatic carbocycles. The molecule has 0 heterocycles. The summed E-state index contributed by atoms with van der Waals surface area (Å²) in [5.41, 5.74) is 1.01. The fourth-order valence-electron chi connectivity index (χ4n) is 1.61. The average Bonchev–Trinajstić information content (AvgIpc) is 2.27. The molecule has 0 saturated heterocycles. The lowest BCUT2D eigenvalue weighted by atomic mass is 10.1. The lowest BCUT2D eigenvalue weighted by Crippen LogP contribution is -2.18. The number of rotatable bonds is 6. The van der Waals surface area contributed by atoms with Crippen LogP contribution in [-0.4, -0.2) is 6.04 Å². The number of hydrogen-bond donors (Lipinski definition) is 1. The quantitative estimate of drug-likeness (QED) is 0.740. The van der Waals surface area contributed by atoms with Crippen LogP contribution in [-0.2, 0) is 0 Å². The second-order valence-electron chi connectivity index (χ2n) is 3.90. The molecule has 0 aliphatic heterocycles. The normalized spacial score (nSPS) is 12.5. The van der Waals surface area contributed by atoms with E-state index >= 15 is 0 Å². The number of nitrogens with one attached hydrogen (secondary N) is 1. The van der Waals surface area contributed by atoms with Gasteiger partial charge in [-0.15, -0.1) is 0 Å². The molecule has 0 aliphatic rings. The van der Waals surface area contributed by atoms with E-state index in [-0.39, 0.29) is 5.82 Å². The summed E-state index contributed by atoms with van der Waals surface area (Å²) in [4.78, 5) is 0. The predicted molar refractivity (Wildman–Crippen MR) is 63.6 cm³/mol. The van der Waals surface area contributed by atoms with E-state index < -0.39 is 0 Å². The van der Waals surface area contributed by atoms with Crippen molar-refractivity contribution in [2.45, 2.75) is 45.6 Å². The van der Waals surface area contributed by atoms with Crippen molar-refractivity contribution in [1.29, 1.82) is 0 Å². The zero-order chi connectivity index (χ0) is 11.1. The van der Waals surface area contributed by atoms with Gasteiger partial charge in [0.15, 0.2) is 0 Å². The van der Waals surface area contributed by atoms with Crippen LogP contribution in [0, 0.1) is 5.82 Å². The Bertz CT molecular complexity index is 268. The average molecular weight is 209 g/mol. The van der Waals surface area contributed by atoms with Crippen LogP contribution in [0.3, 0.4) is 0 Å². The topological polar surface area (TPSA) is 12.0 Å². The van der Waals surface area contributed by atoms with Gasteiger partial charge in [-0.1, -0.05) is 26.7 Å². The van der Waals surface area contributed by atoms with Crippen LogP contribution in [0.1, 0.15) is 39.5 Å². The fraction of sp³-hybridized carbons (Fsp3) is 0.538. The van der Waals surface area contributed by atoms with Crippen LogP contribution in [0.15, 0.2) is 24.3 Å². The third kappa shape index (κ3) is 4.32. The SMILES string of the molecule is CCCCC(CC)Nc1ccc(F)cc1. The summed E-state index contributed by atoms with van der Waals surface area (Å²) in [6.45, 7) is 4.38. The molecule has 15 heavy (non-hydrogen) atoms. The van der Waals surface area contributed by atoms with Gasteiger partial charge in [-0.2, -0.15) is 0 Å². The van der Waals surface area contributed by atoms with Crippen LogP contribution in [0.2, 0.25) is 0 Å². The maximum Gasteiger partial charge on any atom is 0.123 e. The number of halogens is 1. The molecule has 1 N–H and O–H groups in total. The van der Waals surface area contributed by atoms with Gasteiger partial charge in [0.2, 0.25) is 0 Å². The monoisotopic (exact) mass is 209 g/mol. The predicted octanol–water partition coefficient (Wildman–Crippen LogP) is 4.21. The summed E-state index contributed by atoms with van der Waals surface area (Å²) >= 11 is 0. The van der Waals surface area contributed by atoms with Crippen LogP contribution in [0.4, 0.5) is 10.1 Å². The van der Waals surface area contributed by atoms with Crippen molar-refractivity contribution in [3.63, 3.8) is 0 Å². The van der Waals surface area contributed by atoms with Gasteiger partial charge in [0.05, 0.1) is 0 Å². The number of anilines is 1. The van der Waals surface area contributed by atoms with Crippen LogP contribution in [0.25, 0.3) is 0 Å². The zero-order valence-electron chi connectivity index (χ0n) is 9.59. The van der Waals surface area contributed by atoms with Gasteiger partial charge < -0.3 is 5.32 Å². The van der Waals surface area contributed by atoms with Gasteiger partial charge in [0.25, 0.3) is 0 Å². The van der Waals surface area contributed by atoms with Crippen molar-refractivity contribution >= 4 is 5.69 Å². The Labute approximate surface area is 91.7 Å². The maximum atomic E-state index is 12.7. The molecule has 1 aromatic rings. The third-order valence-corrected chi connectivity index (χ3v) is 2.61. The zero-order valence-corrected chi connectivity index (χ0v) is 9.59. The molecule has 0 aliphatic carbocycles. The minimum atomic E-state index is -0.179. The highest BCUT2D eigenvalue weighted by molar-refractivity contribution is 5.43. The highest BCUT2D eigenvalue weighted by Gasteiger charge is 2.04. The van der Waals surface area contributed by atoms with Gasteiger partial charge in [0, 0.05) is 11.7 Å². The fourth-order valence-corrected chi connectivity index (χ4v) is 1.61. The highest BCUT2D eigenvalue weighted by atomic mass is 19.1. The van der Waals surface area contributed by atoms with E-state index in [4.69, 9.17) is 0 Å². The summed E-state index contributed by atoms with van der Waals surface area (Å²) in [5.74, 6) is -0.179. The largest absolute Gasteiger partial charge is 0.382 e. The van der Waals surface area contributed by atoms with Crippen molar-refractivity contribution in [1.82, 2.24) is 0 Å². The summed E-state index contributed by atoms with van der Waals surface area (Å²) < 4.78 is 12.7. The Morgan fingerprint density at radius 3 is 2.40 bits per heavy atom. The van der Waals surface area contributed by atoms with Gasteiger partial charge in [0.1, 0.15) is 5.82 Å². The Morgan fingerprint density at radius 1 is 1.20 bits per heavy atom. The summed E-state index contributed by atoms with van der Waals surface area (Å²) in [6.07, 6.45) is 4.76. The molecular formula is C13H20FN. The first-order valence-corrected chi connectivity index (χ1v) is 5.78. The number of unbranched alkanes of at least 4 members (excludes halogenated alkanes) is 1. The molecule has 0 spiro atoms. The van der Waals surface area contributed by atoms with E-state index in [1.807, 2.05) is 0 Å². The first-order valence-electron chi connectivity index (χ1n) is 5.78. The molecule has 0 amide bonds. The maximum absolute atomic E-state index is 12.7. The standard InChI is InChI=1S/C13H20FN/c1-3-5-6-12(4-2)15-13-9-7-11(14)8-10-13/h7-10,12,15H,3-6H2,1-2H3. The first-order chi connectivity index (χ1) is 7.26. The van der Waals surface area contributed by atoms with E-state index in [1.54, 1.807) is 12.1 Å². The Hall–Kier alpha value is -1.05. The second-order valence-corrected chi connectivity index (χ2v) is 3.90. The second kappa shape index (κ2) is 6.44. The summed E-state index contributed by atoms with van der Waals surface area (Å²) in [6, 6.07) is 7.09. The van der Waals surface area contributed by atoms with Gasteiger partial charge in [-0.25, -0.2) is 4.39 Å². The molecule has 1 unspecified atom stereocenters. The Kier molecular flexibility index (Phi) is 5.16. The molecule has 0 saturated carbocycles. The molecule has 2 heteroatoms. The van der Waals surface area contributed by atoms with E-state index in [0.29, 0.717) is 6.04 Å². The number of benzene rings is 1. The molecule has 84 valence electrons. The van der Waals surface area contributed by atoms with Crippen LogP contribution >= 0.6 is 0 Å². The highest BCUT2D eigenvalue weighted by Crippen LogP contribution is 2.14. The van der Waals surface area contributed by atoms with E-state index in [0.717, 1.165) is 12.1 Å². The molecule has 0 radical (unpaired) electrons. The van der Waals surface area contributed by atoms with Crippen LogP contribution < -0.4 is 5.32 Å². The van der Waals surface area contributed by atoms with Crippen molar-refractivity contribution in [2.24, 2.45) is 0 Å². The van der Waals surface area contributed by atoms with E-state index in [2.05, 4.69) is 19.2 Å². The van der Waals surface area contributed by atoms with Gasteiger partial charge >= 0.3 is 0 Å². The van der Waals surface area contributed by atoms with E-state index in [9.17, 15) is 4.39 Å². The minimum absolute atomic E-state index is 0.179. The van der Waals surface area contributed by atoms with Crippen molar-refractivity contribution in [2.75, 3.05) is 5.32 Å². The lowest BCUT2D eigenvalue weighted by Gasteiger charge is -2.17. The minimum Gasteiger partial charge on any atom is -0.382 e. The molecule has 0 fully saturated rings. The van der Waals surface area contributed by atoms with Crippen molar-refractivity contribution in [3.8, 4) is 0 Å². The Balaban J connectivity index is 2.47. The molecule has 0 aromatic heterocycles.